The molecule has 0 atom stereocenters. The standard InChI is InChI=1S/C18H29N3O2S/c1-13-12-24-15(19-13)18(8-5-9-18)20-14-6-10-21(11-7-14)16(22)23-17(2,3)4/h12,14,20H,5-11H2,1-4H3. The Morgan fingerprint density at radius 2 is 2.04 bits per heavy atom. The molecule has 0 bridgehead atoms. The zero-order chi connectivity index (χ0) is 17.4. The summed E-state index contributed by atoms with van der Waals surface area (Å²) in [6.07, 6.45) is 5.38. The molecule has 6 heteroatoms. The number of thiazole rings is 1. The van der Waals surface area contributed by atoms with Crippen LogP contribution < -0.4 is 5.32 Å². The molecule has 1 N–H and O–H groups in total. The zero-order valence-electron chi connectivity index (χ0n) is 15.2. The first-order valence-electron chi connectivity index (χ1n) is 8.96. The topological polar surface area (TPSA) is 54.5 Å². The van der Waals surface area contributed by atoms with Gasteiger partial charge in [-0.15, -0.1) is 11.3 Å². The minimum atomic E-state index is -0.426. The Bertz CT molecular complexity index is 581. The molecule has 3 rings (SSSR count). The number of piperidine rings is 1. The number of ether oxygens (including phenoxy) is 1. The number of likely N-dealkylation sites (tertiary alicyclic amines) is 1. The second kappa shape index (κ2) is 6.64. The number of carbonyl (C=O) groups excluding carboxylic acids is 1. The number of rotatable bonds is 3. The van der Waals surface area contributed by atoms with Crippen molar-refractivity contribution in [1.82, 2.24) is 15.2 Å². The minimum Gasteiger partial charge on any atom is -0.444 e. The van der Waals surface area contributed by atoms with Crippen molar-refractivity contribution in [2.75, 3.05) is 13.1 Å². The summed E-state index contributed by atoms with van der Waals surface area (Å²) in [7, 11) is 0. The molecule has 2 aliphatic rings. The third-order valence-corrected chi connectivity index (χ3v) is 6.03. The predicted octanol–water partition coefficient (Wildman–Crippen LogP) is 3.82. The van der Waals surface area contributed by atoms with Gasteiger partial charge in [-0.25, -0.2) is 9.78 Å². The van der Waals surface area contributed by atoms with E-state index in [1.54, 1.807) is 11.3 Å². The number of amides is 1. The first-order valence-corrected chi connectivity index (χ1v) is 9.84. The Morgan fingerprint density at radius 3 is 2.50 bits per heavy atom. The molecule has 0 aromatic carbocycles. The summed E-state index contributed by atoms with van der Waals surface area (Å²) in [6, 6.07) is 0.452. The molecule has 1 aliphatic heterocycles. The number of hydrogen-bond acceptors (Lipinski definition) is 5. The maximum absolute atomic E-state index is 12.2. The van der Waals surface area contributed by atoms with Crippen molar-refractivity contribution < 1.29 is 9.53 Å². The molecule has 0 radical (unpaired) electrons. The van der Waals surface area contributed by atoms with Gasteiger partial charge in [-0.3, -0.25) is 0 Å². The predicted molar refractivity (Wildman–Crippen MR) is 96.3 cm³/mol. The van der Waals surface area contributed by atoms with Crippen LogP contribution in [0.4, 0.5) is 4.79 Å². The van der Waals surface area contributed by atoms with E-state index in [2.05, 4.69) is 17.6 Å². The Labute approximate surface area is 148 Å². The fraction of sp³-hybridized carbons (Fsp3) is 0.778. The normalized spacial score (nSPS) is 21.4. The molecule has 0 spiro atoms. The summed E-state index contributed by atoms with van der Waals surface area (Å²) in [5, 5.41) is 7.25. The van der Waals surface area contributed by atoms with Crippen LogP contribution in [0.15, 0.2) is 5.38 Å². The van der Waals surface area contributed by atoms with Crippen molar-refractivity contribution in [1.29, 1.82) is 0 Å². The van der Waals surface area contributed by atoms with E-state index >= 15 is 0 Å². The van der Waals surface area contributed by atoms with Crippen molar-refractivity contribution in [3.05, 3.63) is 16.1 Å². The highest BCUT2D eigenvalue weighted by Gasteiger charge is 2.43. The van der Waals surface area contributed by atoms with Gasteiger partial charge in [-0.2, -0.15) is 0 Å². The molecule has 134 valence electrons. The monoisotopic (exact) mass is 351 g/mol. The highest BCUT2D eigenvalue weighted by molar-refractivity contribution is 7.09. The van der Waals surface area contributed by atoms with Crippen LogP contribution >= 0.6 is 11.3 Å². The number of aromatic nitrogens is 1. The van der Waals surface area contributed by atoms with Gasteiger partial charge in [0.05, 0.1) is 5.54 Å². The van der Waals surface area contributed by atoms with Crippen LogP contribution in [-0.2, 0) is 10.3 Å². The van der Waals surface area contributed by atoms with Crippen molar-refractivity contribution in [2.45, 2.75) is 77.0 Å². The Balaban J connectivity index is 1.54. The second-order valence-electron chi connectivity index (χ2n) is 8.12. The van der Waals surface area contributed by atoms with Gasteiger partial charge in [0.2, 0.25) is 0 Å². The van der Waals surface area contributed by atoms with Crippen molar-refractivity contribution in [3.8, 4) is 0 Å². The van der Waals surface area contributed by atoms with Gasteiger partial charge >= 0.3 is 6.09 Å². The lowest BCUT2D eigenvalue weighted by Crippen LogP contribution is -2.55. The van der Waals surface area contributed by atoms with Crippen LogP contribution in [0.1, 0.15) is 63.6 Å². The number of nitrogens with one attached hydrogen (secondary N) is 1. The van der Waals surface area contributed by atoms with Gasteiger partial charge in [0.15, 0.2) is 0 Å². The van der Waals surface area contributed by atoms with Crippen molar-refractivity contribution >= 4 is 17.4 Å². The van der Waals surface area contributed by atoms with Crippen molar-refractivity contribution in [2.24, 2.45) is 0 Å². The number of hydrogen-bond donors (Lipinski definition) is 1. The Morgan fingerprint density at radius 1 is 1.38 bits per heavy atom. The number of carbonyl (C=O) groups is 1. The molecule has 1 aliphatic carbocycles. The SMILES string of the molecule is Cc1csc(C2(NC3CCN(C(=O)OC(C)(C)C)CC3)CCC2)n1. The lowest BCUT2D eigenvalue weighted by atomic mass is 9.76. The Kier molecular flexibility index (Phi) is 4.89. The first-order chi connectivity index (χ1) is 11.3. The molecule has 1 aromatic heterocycles. The van der Waals surface area contributed by atoms with E-state index in [4.69, 9.17) is 9.72 Å². The lowest BCUT2D eigenvalue weighted by molar-refractivity contribution is 0.0178. The molecule has 1 saturated heterocycles. The summed E-state index contributed by atoms with van der Waals surface area (Å²) >= 11 is 1.77. The fourth-order valence-corrected chi connectivity index (χ4v) is 4.47. The molecule has 24 heavy (non-hydrogen) atoms. The maximum Gasteiger partial charge on any atom is 0.410 e. The third-order valence-electron chi connectivity index (χ3n) is 4.86. The number of aryl methyl sites for hydroxylation is 1. The van der Waals surface area contributed by atoms with E-state index in [0.717, 1.165) is 31.6 Å². The van der Waals surface area contributed by atoms with Crippen LogP contribution in [0.3, 0.4) is 0 Å². The van der Waals surface area contributed by atoms with E-state index in [1.165, 1.54) is 24.3 Å². The van der Waals surface area contributed by atoms with Crippen LogP contribution in [0.2, 0.25) is 0 Å². The fourth-order valence-electron chi connectivity index (χ4n) is 3.45. The largest absolute Gasteiger partial charge is 0.444 e. The summed E-state index contributed by atoms with van der Waals surface area (Å²) in [6.45, 7) is 9.32. The number of nitrogens with zero attached hydrogens (tertiary/aromatic N) is 2. The van der Waals surface area contributed by atoms with E-state index < -0.39 is 5.60 Å². The van der Waals surface area contributed by atoms with Gasteiger partial charge in [-0.1, -0.05) is 0 Å². The highest BCUT2D eigenvalue weighted by atomic mass is 32.1. The van der Waals surface area contributed by atoms with Crippen LogP contribution in [-0.4, -0.2) is 40.7 Å². The van der Waals surface area contributed by atoms with Gasteiger partial charge in [-0.05, 0) is 59.8 Å². The van der Waals surface area contributed by atoms with Gasteiger partial charge in [0.1, 0.15) is 10.6 Å². The molecule has 0 unspecified atom stereocenters. The Hall–Kier alpha value is -1.14. The third kappa shape index (κ3) is 3.91. The molecule has 2 heterocycles. The highest BCUT2D eigenvalue weighted by Crippen LogP contribution is 2.43. The molecular weight excluding hydrogens is 322 g/mol. The molecule has 2 fully saturated rings. The molecule has 1 saturated carbocycles. The maximum atomic E-state index is 12.2. The van der Waals surface area contributed by atoms with Gasteiger partial charge in [0.25, 0.3) is 0 Å². The summed E-state index contributed by atoms with van der Waals surface area (Å²) < 4.78 is 5.48. The van der Waals surface area contributed by atoms with E-state index in [1.807, 2.05) is 25.7 Å². The minimum absolute atomic E-state index is 0.0810. The molecule has 1 aromatic rings. The van der Waals surface area contributed by atoms with E-state index in [-0.39, 0.29) is 11.6 Å². The first kappa shape index (κ1) is 17.7. The van der Waals surface area contributed by atoms with Crippen LogP contribution in [0, 0.1) is 6.92 Å². The van der Waals surface area contributed by atoms with Gasteiger partial charge < -0.3 is 15.0 Å². The molecule has 5 nitrogen and oxygen atoms in total. The molecule has 1 amide bonds. The van der Waals surface area contributed by atoms with Crippen molar-refractivity contribution in [3.63, 3.8) is 0 Å². The average Bonchev–Trinajstić information content (AvgIpc) is 2.88. The summed E-state index contributed by atoms with van der Waals surface area (Å²) in [4.78, 5) is 18.7. The second-order valence-corrected chi connectivity index (χ2v) is 8.97. The molecular formula is C18H29N3O2S. The van der Waals surface area contributed by atoms with Crippen LogP contribution in [0.5, 0.6) is 0 Å². The van der Waals surface area contributed by atoms with Gasteiger partial charge in [0, 0.05) is 30.2 Å². The quantitative estimate of drug-likeness (QED) is 0.899. The average molecular weight is 352 g/mol. The van der Waals surface area contributed by atoms with E-state index in [9.17, 15) is 4.79 Å². The lowest BCUT2D eigenvalue weighted by Gasteiger charge is -2.45. The zero-order valence-corrected chi connectivity index (χ0v) is 16.0. The van der Waals surface area contributed by atoms with E-state index in [0.29, 0.717) is 6.04 Å². The smallest absolute Gasteiger partial charge is 0.410 e. The summed E-state index contributed by atoms with van der Waals surface area (Å²) in [5.41, 5.74) is 0.769. The van der Waals surface area contributed by atoms with Crippen LogP contribution in [0.25, 0.3) is 0 Å². The summed E-state index contributed by atoms with van der Waals surface area (Å²) in [5.74, 6) is 0.